The quantitative estimate of drug-likeness (QED) is 0.466. The maximum absolute atomic E-state index is 12.4. The predicted molar refractivity (Wildman–Crippen MR) is 117 cm³/mol. The van der Waals surface area contributed by atoms with Crippen LogP contribution in [0, 0.1) is 13.8 Å². The first-order valence-corrected chi connectivity index (χ1v) is 9.47. The summed E-state index contributed by atoms with van der Waals surface area (Å²) < 4.78 is 0. The van der Waals surface area contributed by atoms with Gasteiger partial charge in [0.1, 0.15) is 0 Å². The number of aliphatic imine (C=N–C) groups is 2. The molecule has 150 valence electrons. The minimum Gasteiger partial charge on any atom is -0.351 e. The Hall–Kier alpha value is -3.09. The molecule has 0 radical (unpaired) electrons. The summed E-state index contributed by atoms with van der Waals surface area (Å²) in [5.41, 5.74) is 8.46. The molecule has 2 rings (SSSR count). The molecule has 0 saturated carbocycles. The number of rotatable bonds is 5. The number of guanidine groups is 2. The molecule has 1 aliphatic rings. The Morgan fingerprint density at radius 3 is 2.79 bits per heavy atom. The highest BCUT2D eigenvalue weighted by Gasteiger charge is 2.24. The van der Waals surface area contributed by atoms with Crippen molar-refractivity contribution in [2.75, 3.05) is 31.1 Å². The van der Waals surface area contributed by atoms with Crippen LogP contribution in [0.1, 0.15) is 24.0 Å². The van der Waals surface area contributed by atoms with Crippen molar-refractivity contribution in [2.24, 2.45) is 15.7 Å². The van der Waals surface area contributed by atoms with E-state index >= 15 is 0 Å². The summed E-state index contributed by atoms with van der Waals surface area (Å²) in [5, 5.41) is 3.24. The molecule has 0 saturated heterocycles. The maximum Gasteiger partial charge on any atom is 0.326 e. The van der Waals surface area contributed by atoms with E-state index in [-0.39, 0.29) is 0 Å². The van der Waals surface area contributed by atoms with Gasteiger partial charge in [0.25, 0.3) is 0 Å². The number of urea groups is 1. The molecule has 1 aliphatic heterocycles. The molecule has 0 aliphatic carbocycles. The summed E-state index contributed by atoms with van der Waals surface area (Å²) in [4.78, 5) is 25.0. The number of carbonyl (C=O) groups is 1. The van der Waals surface area contributed by atoms with Crippen LogP contribution < -0.4 is 16.0 Å². The molecule has 0 aromatic heterocycles. The molecule has 1 aromatic carbocycles. The number of anilines is 1. The predicted octanol–water partition coefficient (Wildman–Crippen LogP) is 2.96. The SMILES string of the molecule is C=CCN=C(NC1=NCCCCN1CC=C)N(C(N)=O)c1ccc(C)cc1C. The smallest absolute Gasteiger partial charge is 0.326 e. The first kappa shape index (κ1) is 21.2. The van der Waals surface area contributed by atoms with Gasteiger partial charge in [0, 0.05) is 19.6 Å². The third kappa shape index (κ3) is 5.45. The summed E-state index contributed by atoms with van der Waals surface area (Å²) in [5.74, 6) is 0.991. The van der Waals surface area contributed by atoms with Gasteiger partial charge in [-0.25, -0.2) is 14.7 Å². The van der Waals surface area contributed by atoms with E-state index in [1.807, 2.05) is 38.1 Å². The number of hydrogen-bond acceptors (Lipinski definition) is 4. The van der Waals surface area contributed by atoms with E-state index in [2.05, 4.69) is 33.4 Å². The zero-order valence-electron chi connectivity index (χ0n) is 16.8. The van der Waals surface area contributed by atoms with Crippen LogP contribution in [0.15, 0.2) is 53.5 Å². The molecule has 0 spiro atoms. The Balaban J connectivity index is 2.44. The van der Waals surface area contributed by atoms with Gasteiger partial charge >= 0.3 is 6.03 Å². The first-order valence-electron chi connectivity index (χ1n) is 9.47. The fourth-order valence-electron chi connectivity index (χ4n) is 3.07. The maximum atomic E-state index is 12.4. The highest BCUT2D eigenvalue weighted by molar-refractivity contribution is 6.19. The van der Waals surface area contributed by atoms with Crippen molar-refractivity contribution >= 4 is 23.6 Å². The van der Waals surface area contributed by atoms with Crippen LogP contribution in [0.4, 0.5) is 10.5 Å². The monoisotopic (exact) mass is 382 g/mol. The number of aryl methyl sites for hydroxylation is 2. The lowest BCUT2D eigenvalue weighted by Crippen LogP contribution is -2.54. The zero-order valence-corrected chi connectivity index (χ0v) is 16.8. The molecule has 0 atom stereocenters. The molecule has 3 N–H and O–H groups in total. The van der Waals surface area contributed by atoms with Crippen molar-refractivity contribution in [1.82, 2.24) is 10.2 Å². The molecular formula is C21H30N6O. The summed E-state index contributed by atoms with van der Waals surface area (Å²) in [6.07, 6.45) is 5.55. The molecule has 7 nitrogen and oxygen atoms in total. The van der Waals surface area contributed by atoms with Gasteiger partial charge < -0.3 is 10.6 Å². The van der Waals surface area contributed by atoms with Crippen molar-refractivity contribution in [1.29, 1.82) is 0 Å². The lowest BCUT2D eigenvalue weighted by Gasteiger charge is -2.29. The van der Waals surface area contributed by atoms with Crippen LogP contribution in [0.5, 0.6) is 0 Å². The van der Waals surface area contributed by atoms with Crippen LogP contribution in [0.25, 0.3) is 0 Å². The molecular weight excluding hydrogens is 352 g/mol. The Morgan fingerprint density at radius 2 is 2.14 bits per heavy atom. The molecule has 1 aromatic rings. The van der Waals surface area contributed by atoms with Crippen LogP contribution in [0.2, 0.25) is 0 Å². The summed E-state index contributed by atoms with van der Waals surface area (Å²) in [6, 6.07) is 5.20. The summed E-state index contributed by atoms with van der Waals surface area (Å²) in [6.45, 7) is 14.1. The second-order valence-corrected chi connectivity index (χ2v) is 6.69. The van der Waals surface area contributed by atoms with Gasteiger partial charge in [-0.2, -0.15) is 0 Å². The minimum atomic E-state index is -0.619. The normalized spacial score (nSPS) is 14.7. The van der Waals surface area contributed by atoms with Crippen LogP contribution in [-0.2, 0) is 0 Å². The number of benzene rings is 1. The molecule has 2 amide bonds. The van der Waals surface area contributed by atoms with Crippen molar-refractivity contribution < 1.29 is 4.79 Å². The van der Waals surface area contributed by atoms with Crippen molar-refractivity contribution in [3.05, 3.63) is 54.6 Å². The number of amides is 2. The number of nitrogens with two attached hydrogens (primary N) is 1. The van der Waals surface area contributed by atoms with Gasteiger partial charge in [-0.15, -0.1) is 13.2 Å². The number of primary amides is 1. The fraction of sp³-hybridized carbons (Fsp3) is 0.381. The molecule has 7 heteroatoms. The van der Waals surface area contributed by atoms with Gasteiger partial charge in [0.2, 0.25) is 11.9 Å². The van der Waals surface area contributed by atoms with Crippen molar-refractivity contribution in [2.45, 2.75) is 26.7 Å². The van der Waals surface area contributed by atoms with E-state index < -0.39 is 6.03 Å². The largest absolute Gasteiger partial charge is 0.351 e. The Labute approximate surface area is 167 Å². The molecule has 1 heterocycles. The Bertz CT molecular complexity index is 783. The summed E-state index contributed by atoms with van der Waals surface area (Å²) in [7, 11) is 0. The van der Waals surface area contributed by atoms with E-state index in [9.17, 15) is 4.79 Å². The third-order valence-electron chi connectivity index (χ3n) is 4.37. The van der Waals surface area contributed by atoms with E-state index in [0.717, 1.165) is 30.5 Å². The lowest BCUT2D eigenvalue weighted by molar-refractivity contribution is 0.256. The first-order chi connectivity index (χ1) is 13.5. The average molecular weight is 383 g/mol. The Kier molecular flexibility index (Phi) is 7.80. The summed E-state index contributed by atoms with van der Waals surface area (Å²) >= 11 is 0. The average Bonchev–Trinajstić information content (AvgIpc) is 2.87. The second kappa shape index (κ2) is 10.3. The molecule has 28 heavy (non-hydrogen) atoms. The molecule has 0 fully saturated rings. The van der Waals surface area contributed by atoms with Gasteiger partial charge in [-0.3, -0.25) is 10.3 Å². The highest BCUT2D eigenvalue weighted by Crippen LogP contribution is 2.21. The molecule has 0 bridgehead atoms. The standard InChI is InChI=1S/C21H30N6O/c1-5-11-23-21(25-20-24-12-7-8-14-26(20)13-6-2)27(19(22)28)18-10-9-16(3)15-17(18)4/h5-6,9-10,15H,1-2,7-8,11-14H2,3-4H3,(H2,22,28)(H,23,24,25). The highest BCUT2D eigenvalue weighted by atomic mass is 16.2. The second-order valence-electron chi connectivity index (χ2n) is 6.69. The molecule has 0 unspecified atom stereocenters. The van der Waals surface area contributed by atoms with Crippen LogP contribution in [0.3, 0.4) is 0 Å². The van der Waals surface area contributed by atoms with E-state index in [1.165, 1.54) is 4.90 Å². The number of nitrogens with zero attached hydrogens (tertiary/aromatic N) is 4. The topological polar surface area (TPSA) is 86.3 Å². The third-order valence-corrected chi connectivity index (χ3v) is 4.37. The van der Waals surface area contributed by atoms with E-state index in [4.69, 9.17) is 5.73 Å². The van der Waals surface area contributed by atoms with Crippen molar-refractivity contribution in [3.8, 4) is 0 Å². The van der Waals surface area contributed by atoms with Crippen LogP contribution >= 0.6 is 0 Å². The van der Waals surface area contributed by atoms with Crippen LogP contribution in [-0.4, -0.2) is 49.0 Å². The van der Waals surface area contributed by atoms with Gasteiger partial charge in [0.15, 0.2) is 0 Å². The van der Waals surface area contributed by atoms with Gasteiger partial charge in [-0.05, 0) is 38.3 Å². The number of carbonyl (C=O) groups excluding carboxylic acids is 1. The van der Waals surface area contributed by atoms with E-state index in [0.29, 0.717) is 37.2 Å². The Morgan fingerprint density at radius 1 is 1.36 bits per heavy atom. The minimum absolute atomic E-state index is 0.328. The van der Waals surface area contributed by atoms with Gasteiger partial charge in [-0.1, -0.05) is 29.8 Å². The fourth-order valence-corrected chi connectivity index (χ4v) is 3.07. The van der Waals surface area contributed by atoms with Crippen molar-refractivity contribution in [3.63, 3.8) is 0 Å². The zero-order chi connectivity index (χ0) is 20.5. The lowest BCUT2D eigenvalue weighted by atomic mass is 10.1. The number of nitrogens with one attached hydrogen (secondary N) is 1. The van der Waals surface area contributed by atoms with E-state index in [1.54, 1.807) is 6.08 Å². The number of hydrogen-bond donors (Lipinski definition) is 2. The van der Waals surface area contributed by atoms with Gasteiger partial charge in [0.05, 0.1) is 12.2 Å².